The molecule has 9 heteroatoms. The molecule has 2 aliphatic rings. The van der Waals surface area contributed by atoms with Gasteiger partial charge in [-0.2, -0.15) is 0 Å². The van der Waals surface area contributed by atoms with Gasteiger partial charge in [-0.3, -0.25) is 9.69 Å². The third-order valence-electron chi connectivity index (χ3n) is 7.16. The van der Waals surface area contributed by atoms with E-state index < -0.39 is 0 Å². The minimum Gasteiger partial charge on any atom is -0.493 e. The first-order valence-corrected chi connectivity index (χ1v) is 11.9. The van der Waals surface area contributed by atoms with Crippen LogP contribution in [0, 0.1) is 5.92 Å². The van der Waals surface area contributed by atoms with E-state index >= 15 is 0 Å². The molecule has 0 bridgehead atoms. The lowest BCUT2D eigenvalue weighted by atomic mass is 9.95. The van der Waals surface area contributed by atoms with Gasteiger partial charge in [-0.25, -0.2) is 4.68 Å². The number of rotatable bonds is 6. The van der Waals surface area contributed by atoms with Crippen LogP contribution in [0.5, 0.6) is 11.5 Å². The quantitative estimate of drug-likeness (QED) is 0.611. The molecular weight excluding hydrogens is 420 g/mol. The maximum atomic E-state index is 13.4. The van der Waals surface area contributed by atoms with Crippen molar-refractivity contribution in [3.05, 3.63) is 39.9 Å². The molecule has 3 aromatic rings. The number of methoxy groups -OCH3 is 2. The molecule has 2 atom stereocenters. The molecule has 2 aromatic heterocycles. The summed E-state index contributed by atoms with van der Waals surface area (Å²) in [6.45, 7) is 4.09. The highest BCUT2D eigenvalue weighted by Crippen LogP contribution is 2.36. The van der Waals surface area contributed by atoms with Gasteiger partial charge in [-0.1, -0.05) is 19.8 Å². The Morgan fingerprint density at radius 2 is 1.82 bits per heavy atom. The zero-order valence-electron chi connectivity index (χ0n) is 19.6. The first kappa shape index (κ1) is 21.9. The molecule has 5 rings (SSSR count). The summed E-state index contributed by atoms with van der Waals surface area (Å²) in [6.07, 6.45) is 6.82. The van der Waals surface area contributed by atoms with Gasteiger partial charge in [0, 0.05) is 23.6 Å². The normalized spacial score (nSPS) is 20.9. The van der Waals surface area contributed by atoms with E-state index in [4.69, 9.17) is 9.47 Å². The lowest BCUT2D eigenvalue weighted by Crippen LogP contribution is -2.41. The molecule has 1 aliphatic carbocycles. The SMILES string of the molecule is COc1cc2cc(C(c3nnnn3C3CCCC3)N3CCCC(C)C3)c(=O)[nH]c2cc1OC. The Balaban J connectivity index is 1.66. The van der Waals surface area contributed by atoms with Crippen LogP contribution in [0.1, 0.15) is 68.9 Å². The number of benzene rings is 1. The van der Waals surface area contributed by atoms with E-state index in [2.05, 4.69) is 32.3 Å². The molecule has 1 aromatic carbocycles. The van der Waals surface area contributed by atoms with Gasteiger partial charge in [-0.05, 0) is 60.7 Å². The summed E-state index contributed by atoms with van der Waals surface area (Å²) in [6, 6.07) is 5.67. The van der Waals surface area contributed by atoms with Crippen LogP contribution in [0.2, 0.25) is 0 Å². The summed E-state index contributed by atoms with van der Waals surface area (Å²) in [5.74, 6) is 2.53. The van der Waals surface area contributed by atoms with Crippen molar-refractivity contribution in [1.82, 2.24) is 30.1 Å². The van der Waals surface area contributed by atoms with Gasteiger partial charge in [0.25, 0.3) is 5.56 Å². The van der Waals surface area contributed by atoms with E-state index in [0.29, 0.717) is 34.5 Å². The minimum absolute atomic E-state index is 0.126. The first-order valence-electron chi connectivity index (χ1n) is 11.9. The fourth-order valence-corrected chi connectivity index (χ4v) is 5.50. The molecule has 0 amide bonds. The van der Waals surface area contributed by atoms with Gasteiger partial charge >= 0.3 is 0 Å². The van der Waals surface area contributed by atoms with Gasteiger partial charge in [0.05, 0.1) is 25.8 Å². The molecule has 1 saturated heterocycles. The van der Waals surface area contributed by atoms with E-state index in [1.807, 2.05) is 16.8 Å². The topological polar surface area (TPSA) is 98.2 Å². The maximum Gasteiger partial charge on any atom is 0.253 e. The van der Waals surface area contributed by atoms with E-state index in [-0.39, 0.29) is 11.6 Å². The molecule has 2 unspecified atom stereocenters. The molecule has 1 saturated carbocycles. The number of ether oxygens (including phenoxy) is 2. The van der Waals surface area contributed by atoms with Crippen molar-refractivity contribution in [3.63, 3.8) is 0 Å². The summed E-state index contributed by atoms with van der Waals surface area (Å²) in [4.78, 5) is 18.9. The fourth-order valence-electron chi connectivity index (χ4n) is 5.50. The molecule has 9 nitrogen and oxygen atoms in total. The Kier molecular flexibility index (Phi) is 6.05. The molecule has 0 spiro atoms. The number of pyridine rings is 1. The number of nitrogens with one attached hydrogen (secondary N) is 1. The zero-order chi connectivity index (χ0) is 22.9. The number of nitrogens with zero attached hydrogens (tertiary/aromatic N) is 5. The highest BCUT2D eigenvalue weighted by Gasteiger charge is 2.34. The van der Waals surface area contributed by atoms with Crippen molar-refractivity contribution in [2.75, 3.05) is 27.3 Å². The predicted molar refractivity (Wildman–Crippen MR) is 125 cm³/mol. The smallest absolute Gasteiger partial charge is 0.253 e. The molecule has 176 valence electrons. The Bertz CT molecular complexity index is 1180. The van der Waals surface area contributed by atoms with Crippen LogP contribution < -0.4 is 15.0 Å². The fraction of sp³-hybridized carbons (Fsp3) is 0.583. The van der Waals surface area contributed by atoms with Gasteiger partial charge in [0.2, 0.25) is 0 Å². The lowest BCUT2D eigenvalue weighted by Gasteiger charge is -2.36. The predicted octanol–water partition coefficient (Wildman–Crippen LogP) is 3.47. The van der Waals surface area contributed by atoms with E-state index in [0.717, 1.165) is 43.6 Å². The number of likely N-dealkylation sites (tertiary alicyclic amines) is 1. The Labute approximate surface area is 193 Å². The summed E-state index contributed by atoms with van der Waals surface area (Å²) < 4.78 is 12.9. The monoisotopic (exact) mass is 452 g/mol. The van der Waals surface area contributed by atoms with Crippen LogP contribution in [0.3, 0.4) is 0 Å². The average molecular weight is 453 g/mol. The van der Waals surface area contributed by atoms with Crippen LogP contribution in [0.15, 0.2) is 23.0 Å². The standard InChI is InChI=1S/C24H32N6O3/c1-15-7-6-10-29(14-15)22(23-26-27-28-30(23)17-8-4-5-9-17)18-11-16-12-20(32-2)21(33-3)13-19(16)25-24(18)31/h11-13,15,17,22H,4-10,14H2,1-3H3,(H,25,31). The number of fused-ring (bicyclic) bond motifs is 1. The molecule has 1 N–H and O–H groups in total. The average Bonchev–Trinajstić information content (AvgIpc) is 3.51. The van der Waals surface area contributed by atoms with Crippen molar-refractivity contribution in [3.8, 4) is 11.5 Å². The molecule has 2 fully saturated rings. The van der Waals surface area contributed by atoms with Crippen LogP contribution in [0.25, 0.3) is 10.9 Å². The summed E-state index contributed by atoms with van der Waals surface area (Å²) in [5, 5.41) is 13.8. The summed E-state index contributed by atoms with van der Waals surface area (Å²) in [7, 11) is 3.20. The Morgan fingerprint density at radius 3 is 2.55 bits per heavy atom. The number of hydrogen-bond donors (Lipinski definition) is 1. The molecule has 1 aliphatic heterocycles. The third kappa shape index (κ3) is 4.10. The summed E-state index contributed by atoms with van der Waals surface area (Å²) in [5.41, 5.74) is 1.25. The first-order chi connectivity index (χ1) is 16.1. The lowest BCUT2D eigenvalue weighted by molar-refractivity contribution is 0.139. The molecule has 3 heterocycles. The van der Waals surface area contributed by atoms with Crippen molar-refractivity contribution in [1.29, 1.82) is 0 Å². The maximum absolute atomic E-state index is 13.4. The van der Waals surface area contributed by atoms with Gasteiger partial charge < -0.3 is 14.5 Å². The van der Waals surface area contributed by atoms with Crippen LogP contribution in [-0.4, -0.2) is 57.4 Å². The van der Waals surface area contributed by atoms with Crippen molar-refractivity contribution in [2.24, 2.45) is 5.92 Å². The van der Waals surface area contributed by atoms with Gasteiger partial charge in [-0.15, -0.1) is 5.10 Å². The Hall–Kier alpha value is -2.94. The largest absolute Gasteiger partial charge is 0.493 e. The summed E-state index contributed by atoms with van der Waals surface area (Å²) >= 11 is 0. The van der Waals surface area contributed by atoms with Crippen LogP contribution >= 0.6 is 0 Å². The number of aromatic nitrogens is 5. The van der Waals surface area contributed by atoms with Crippen molar-refractivity contribution >= 4 is 10.9 Å². The zero-order valence-corrected chi connectivity index (χ0v) is 19.6. The van der Waals surface area contributed by atoms with Gasteiger partial charge in [0.1, 0.15) is 6.04 Å². The second-order valence-corrected chi connectivity index (χ2v) is 9.41. The molecule has 0 radical (unpaired) electrons. The minimum atomic E-state index is -0.301. The Morgan fingerprint density at radius 1 is 1.06 bits per heavy atom. The highest BCUT2D eigenvalue weighted by atomic mass is 16.5. The second-order valence-electron chi connectivity index (χ2n) is 9.41. The third-order valence-corrected chi connectivity index (χ3v) is 7.16. The van der Waals surface area contributed by atoms with E-state index in [1.54, 1.807) is 20.3 Å². The molecule has 33 heavy (non-hydrogen) atoms. The van der Waals surface area contributed by atoms with Crippen LogP contribution in [0.4, 0.5) is 0 Å². The number of hydrogen-bond acceptors (Lipinski definition) is 7. The van der Waals surface area contributed by atoms with Crippen LogP contribution in [-0.2, 0) is 0 Å². The highest BCUT2D eigenvalue weighted by molar-refractivity contribution is 5.83. The number of piperidine rings is 1. The van der Waals surface area contributed by atoms with E-state index in [9.17, 15) is 4.79 Å². The van der Waals surface area contributed by atoms with Crippen molar-refractivity contribution < 1.29 is 9.47 Å². The number of aromatic amines is 1. The molecular formula is C24H32N6O3. The van der Waals surface area contributed by atoms with Crippen molar-refractivity contribution in [2.45, 2.75) is 57.5 Å². The number of H-pyrrole nitrogens is 1. The van der Waals surface area contributed by atoms with E-state index in [1.165, 1.54) is 19.3 Å². The number of tetrazole rings is 1. The second kappa shape index (κ2) is 9.13. The van der Waals surface area contributed by atoms with Gasteiger partial charge in [0.15, 0.2) is 17.3 Å².